The van der Waals surface area contributed by atoms with Crippen LogP contribution in [0.3, 0.4) is 0 Å². The smallest absolute Gasteiger partial charge is 0.185 e. The van der Waals surface area contributed by atoms with Crippen molar-refractivity contribution in [3.63, 3.8) is 0 Å². The molecule has 0 radical (unpaired) electrons. The third kappa shape index (κ3) is 2.91. The first-order valence-corrected chi connectivity index (χ1v) is 5.59. The van der Waals surface area contributed by atoms with Crippen molar-refractivity contribution in [2.45, 2.75) is 13.5 Å². The number of benzene rings is 1. The molecule has 0 aliphatic heterocycles. The van der Waals surface area contributed by atoms with Gasteiger partial charge in [-0.05, 0) is 19.1 Å². The number of carbonyl (C=O) groups excluding carboxylic acids is 1. The standard InChI is InChI=1S/C14H14N2O/c1-2-16-11-12(10-15-16)8-9-14(17)13-6-4-3-5-7-13/h3-11H,2H2,1H3. The summed E-state index contributed by atoms with van der Waals surface area (Å²) in [6, 6.07) is 9.22. The molecule has 0 unspecified atom stereocenters. The van der Waals surface area contributed by atoms with Gasteiger partial charge in [0.1, 0.15) is 0 Å². The van der Waals surface area contributed by atoms with Crippen LogP contribution in [0.4, 0.5) is 0 Å². The molecule has 0 saturated heterocycles. The maximum Gasteiger partial charge on any atom is 0.185 e. The number of aromatic nitrogens is 2. The minimum atomic E-state index is 0.00912. The topological polar surface area (TPSA) is 34.9 Å². The molecular weight excluding hydrogens is 212 g/mol. The lowest BCUT2D eigenvalue weighted by atomic mass is 10.1. The highest BCUT2D eigenvalue weighted by Gasteiger charge is 1.99. The lowest BCUT2D eigenvalue weighted by Gasteiger charge is -1.93. The maximum atomic E-state index is 11.8. The average molecular weight is 226 g/mol. The van der Waals surface area contributed by atoms with Gasteiger partial charge in [0, 0.05) is 23.9 Å². The summed E-state index contributed by atoms with van der Waals surface area (Å²) in [5.41, 5.74) is 1.64. The molecule has 86 valence electrons. The van der Waals surface area contributed by atoms with E-state index in [1.807, 2.05) is 48.1 Å². The molecule has 1 aromatic heterocycles. The quantitative estimate of drug-likeness (QED) is 0.593. The summed E-state index contributed by atoms with van der Waals surface area (Å²) in [6.07, 6.45) is 7.02. The Balaban J connectivity index is 2.08. The molecule has 2 aromatic rings. The molecule has 0 aliphatic carbocycles. The van der Waals surface area contributed by atoms with Gasteiger partial charge in [0.25, 0.3) is 0 Å². The van der Waals surface area contributed by atoms with Crippen molar-refractivity contribution >= 4 is 11.9 Å². The Kier molecular flexibility index (Phi) is 3.50. The minimum Gasteiger partial charge on any atom is -0.289 e. The summed E-state index contributed by atoms with van der Waals surface area (Å²) < 4.78 is 1.83. The Morgan fingerprint density at radius 1 is 1.35 bits per heavy atom. The second-order valence-electron chi connectivity index (χ2n) is 3.69. The Labute approximate surface area is 100 Å². The first-order chi connectivity index (χ1) is 8.29. The summed E-state index contributed by atoms with van der Waals surface area (Å²) in [7, 11) is 0. The lowest BCUT2D eigenvalue weighted by Crippen LogP contribution is -1.93. The van der Waals surface area contributed by atoms with Gasteiger partial charge in [-0.2, -0.15) is 5.10 Å². The van der Waals surface area contributed by atoms with Gasteiger partial charge in [-0.15, -0.1) is 0 Å². The van der Waals surface area contributed by atoms with Crippen molar-refractivity contribution in [3.8, 4) is 0 Å². The molecule has 0 atom stereocenters. The Morgan fingerprint density at radius 2 is 2.12 bits per heavy atom. The number of hydrogen-bond donors (Lipinski definition) is 0. The van der Waals surface area contributed by atoms with E-state index in [0.717, 1.165) is 12.1 Å². The van der Waals surface area contributed by atoms with E-state index in [0.29, 0.717) is 5.56 Å². The molecule has 0 spiro atoms. The highest BCUT2D eigenvalue weighted by molar-refractivity contribution is 6.06. The molecule has 0 saturated carbocycles. The zero-order chi connectivity index (χ0) is 12.1. The van der Waals surface area contributed by atoms with Crippen LogP contribution in [-0.4, -0.2) is 15.6 Å². The summed E-state index contributed by atoms with van der Waals surface area (Å²) in [5.74, 6) is 0.00912. The SMILES string of the molecule is CCn1cc(C=CC(=O)c2ccccc2)cn1. The van der Waals surface area contributed by atoms with Crippen LogP contribution in [0.25, 0.3) is 6.08 Å². The second kappa shape index (κ2) is 5.25. The summed E-state index contributed by atoms with van der Waals surface area (Å²) in [6.45, 7) is 2.86. The van der Waals surface area contributed by atoms with Crippen molar-refractivity contribution in [2.24, 2.45) is 0 Å². The molecule has 17 heavy (non-hydrogen) atoms. The van der Waals surface area contributed by atoms with Crippen LogP contribution in [0.1, 0.15) is 22.8 Å². The second-order valence-corrected chi connectivity index (χ2v) is 3.69. The number of aryl methyl sites for hydroxylation is 1. The van der Waals surface area contributed by atoms with Crippen molar-refractivity contribution in [2.75, 3.05) is 0 Å². The highest BCUT2D eigenvalue weighted by Crippen LogP contribution is 2.05. The van der Waals surface area contributed by atoms with E-state index in [4.69, 9.17) is 0 Å². The number of hydrogen-bond acceptors (Lipinski definition) is 2. The molecular formula is C14H14N2O. The Morgan fingerprint density at radius 3 is 2.76 bits per heavy atom. The fourth-order valence-electron chi connectivity index (χ4n) is 1.51. The number of carbonyl (C=O) groups is 1. The zero-order valence-corrected chi connectivity index (χ0v) is 9.71. The first kappa shape index (κ1) is 11.3. The predicted octanol–water partition coefficient (Wildman–Crippen LogP) is 2.80. The Hall–Kier alpha value is -2.16. The zero-order valence-electron chi connectivity index (χ0n) is 9.71. The van der Waals surface area contributed by atoms with Crippen LogP contribution in [-0.2, 0) is 6.54 Å². The monoisotopic (exact) mass is 226 g/mol. The summed E-state index contributed by atoms with van der Waals surface area (Å²) in [5, 5.41) is 4.14. The van der Waals surface area contributed by atoms with Gasteiger partial charge >= 0.3 is 0 Å². The number of nitrogens with zero attached hydrogens (tertiary/aromatic N) is 2. The van der Waals surface area contributed by atoms with Crippen molar-refractivity contribution in [1.29, 1.82) is 0 Å². The molecule has 3 nitrogen and oxygen atoms in total. The molecule has 0 aliphatic rings. The van der Waals surface area contributed by atoms with Crippen LogP contribution < -0.4 is 0 Å². The van der Waals surface area contributed by atoms with Crippen molar-refractivity contribution in [1.82, 2.24) is 9.78 Å². The molecule has 0 N–H and O–H groups in total. The van der Waals surface area contributed by atoms with Gasteiger partial charge in [-0.3, -0.25) is 9.48 Å². The predicted molar refractivity (Wildman–Crippen MR) is 67.7 cm³/mol. The minimum absolute atomic E-state index is 0.00912. The van der Waals surface area contributed by atoms with Gasteiger partial charge in [-0.1, -0.05) is 30.3 Å². The van der Waals surface area contributed by atoms with Gasteiger partial charge in [0.2, 0.25) is 0 Å². The molecule has 0 bridgehead atoms. The van der Waals surface area contributed by atoms with E-state index in [2.05, 4.69) is 5.10 Å². The van der Waals surface area contributed by atoms with Gasteiger partial charge < -0.3 is 0 Å². The van der Waals surface area contributed by atoms with E-state index < -0.39 is 0 Å². The van der Waals surface area contributed by atoms with Crippen LogP contribution in [0.2, 0.25) is 0 Å². The third-order valence-corrected chi connectivity index (χ3v) is 2.46. The normalized spacial score (nSPS) is 10.9. The van der Waals surface area contributed by atoms with E-state index in [-0.39, 0.29) is 5.78 Å². The largest absolute Gasteiger partial charge is 0.289 e. The third-order valence-electron chi connectivity index (χ3n) is 2.46. The molecule has 1 aromatic carbocycles. The molecule has 0 fully saturated rings. The van der Waals surface area contributed by atoms with E-state index in [1.54, 1.807) is 18.3 Å². The molecule has 1 heterocycles. The van der Waals surface area contributed by atoms with E-state index in [9.17, 15) is 4.79 Å². The fourth-order valence-corrected chi connectivity index (χ4v) is 1.51. The lowest BCUT2D eigenvalue weighted by molar-refractivity contribution is 0.104. The van der Waals surface area contributed by atoms with E-state index >= 15 is 0 Å². The van der Waals surface area contributed by atoms with Gasteiger partial charge in [-0.25, -0.2) is 0 Å². The number of rotatable bonds is 4. The van der Waals surface area contributed by atoms with Crippen molar-refractivity contribution < 1.29 is 4.79 Å². The van der Waals surface area contributed by atoms with Crippen LogP contribution in [0.15, 0.2) is 48.8 Å². The van der Waals surface area contributed by atoms with Gasteiger partial charge in [0.15, 0.2) is 5.78 Å². The summed E-state index contributed by atoms with van der Waals surface area (Å²) in [4.78, 5) is 11.8. The van der Waals surface area contributed by atoms with E-state index in [1.165, 1.54) is 0 Å². The molecule has 2 rings (SSSR count). The number of ketones is 1. The van der Waals surface area contributed by atoms with Gasteiger partial charge in [0.05, 0.1) is 6.20 Å². The average Bonchev–Trinajstić information content (AvgIpc) is 2.85. The van der Waals surface area contributed by atoms with Crippen molar-refractivity contribution in [3.05, 3.63) is 59.9 Å². The fraction of sp³-hybridized carbons (Fsp3) is 0.143. The van der Waals surface area contributed by atoms with Crippen LogP contribution in [0, 0.1) is 0 Å². The van der Waals surface area contributed by atoms with Crippen LogP contribution in [0.5, 0.6) is 0 Å². The number of allylic oxidation sites excluding steroid dienone is 1. The Bertz CT molecular complexity index is 526. The molecule has 3 heteroatoms. The summed E-state index contributed by atoms with van der Waals surface area (Å²) >= 11 is 0. The molecule has 0 amide bonds. The van der Waals surface area contributed by atoms with Crippen LogP contribution >= 0.6 is 0 Å². The first-order valence-electron chi connectivity index (χ1n) is 5.59. The highest BCUT2D eigenvalue weighted by atomic mass is 16.1. The maximum absolute atomic E-state index is 11.8.